The summed E-state index contributed by atoms with van der Waals surface area (Å²) in [5.41, 5.74) is 6.37. The van der Waals surface area contributed by atoms with Crippen molar-refractivity contribution in [1.29, 1.82) is 0 Å². The minimum absolute atomic E-state index is 0.0396. The highest BCUT2D eigenvalue weighted by Gasteiger charge is 2.18. The maximum Gasteiger partial charge on any atom is 0.292 e. The number of carbonyl (C=O) groups is 2. The summed E-state index contributed by atoms with van der Waals surface area (Å²) in [6.45, 7) is 1.60. The molecule has 3 N–H and O–H groups in total. The average molecular weight is 398 g/mol. The first-order valence-corrected chi connectivity index (χ1v) is 8.63. The van der Waals surface area contributed by atoms with E-state index >= 15 is 0 Å². The van der Waals surface area contributed by atoms with Crippen molar-refractivity contribution in [2.45, 2.75) is 6.92 Å². The standard InChI is InChI=1S/C19H19FN6O3/c1-12-18(23-25-26(12)15-7-3-13(20)4-8-15)19(28)24-22-17(27)11-21-14-5-9-16(29-2)10-6-14/h3-10,21H,11H2,1-2H3,(H,22,27)(H,24,28). The SMILES string of the molecule is COc1ccc(NCC(=O)NNC(=O)c2nnn(-c3ccc(F)cc3)c2C)cc1. The van der Waals surface area contributed by atoms with Gasteiger partial charge < -0.3 is 10.1 Å². The predicted octanol–water partition coefficient (Wildman–Crippen LogP) is 1.60. The van der Waals surface area contributed by atoms with Gasteiger partial charge in [-0.3, -0.25) is 20.4 Å². The van der Waals surface area contributed by atoms with Crippen LogP contribution in [0.25, 0.3) is 5.69 Å². The third-order valence-corrected chi connectivity index (χ3v) is 4.04. The summed E-state index contributed by atoms with van der Waals surface area (Å²) in [5.74, 6) is -0.738. The lowest BCUT2D eigenvalue weighted by Crippen LogP contribution is -2.44. The molecule has 1 aromatic heterocycles. The molecule has 0 radical (unpaired) electrons. The van der Waals surface area contributed by atoms with Gasteiger partial charge in [-0.15, -0.1) is 5.10 Å². The van der Waals surface area contributed by atoms with E-state index in [0.29, 0.717) is 17.1 Å². The number of benzene rings is 2. The summed E-state index contributed by atoms with van der Waals surface area (Å²) in [5, 5.41) is 10.7. The number of nitrogens with one attached hydrogen (secondary N) is 3. The Morgan fingerprint density at radius 1 is 1.07 bits per heavy atom. The second-order valence-corrected chi connectivity index (χ2v) is 6.00. The smallest absolute Gasteiger partial charge is 0.292 e. The van der Waals surface area contributed by atoms with Crippen molar-refractivity contribution in [1.82, 2.24) is 25.8 Å². The van der Waals surface area contributed by atoms with Crippen molar-refractivity contribution in [3.05, 3.63) is 65.7 Å². The van der Waals surface area contributed by atoms with Crippen LogP contribution >= 0.6 is 0 Å². The van der Waals surface area contributed by atoms with Gasteiger partial charge in [0.05, 0.1) is 25.0 Å². The monoisotopic (exact) mass is 398 g/mol. The van der Waals surface area contributed by atoms with E-state index in [1.807, 2.05) is 0 Å². The minimum Gasteiger partial charge on any atom is -0.497 e. The number of hydrogen-bond donors (Lipinski definition) is 3. The van der Waals surface area contributed by atoms with Crippen LogP contribution in [0.4, 0.5) is 10.1 Å². The Morgan fingerprint density at radius 3 is 2.41 bits per heavy atom. The molecule has 2 aromatic carbocycles. The van der Waals surface area contributed by atoms with Crippen LogP contribution in [-0.2, 0) is 4.79 Å². The Balaban J connectivity index is 1.53. The maximum absolute atomic E-state index is 13.1. The van der Waals surface area contributed by atoms with Crippen molar-refractivity contribution in [2.24, 2.45) is 0 Å². The van der Waals surface area contributed by atoms with E-state index in [2.05, 4.69) is 26.5 Å². The fraction of sp³-hybridized carbons (Fsp3) is 0.158. The lowest BCUT2D eigenvalue weighted by Gasteiger charge is -2.09. The molecule has 10 heteroatoms. The van der Waals surface area contributed by atoms with Gasteiger partial charge in [0, 0.05) is 5.69 Å². The Kier molecular flexibility index (Phi) is 6.03. The Hall–Kier alpha value is -3.95. The van der Waals surface area contributed by atoms with Crippen LogP contribution in [0.15, 0.2) is 48.5 Å². The largest absolute Gasteiger partial charge is 0.497 e. The predicted molar refractivity (Wildman–Crippen MR) is 103 cm³/mol. The topological polar surface area (TPSA) is 110 Å². The van der Waals surface area contributed by atoms with Crippen molar-refractivity contribution >= 4 is 17.5 Å². The first kappa shape index (κ1) is 19.8. The van der Waals surface area contributed by atoms with Gasteiger partial charge in [0.2, 0.25) is 0 Å². The molecule has 0 spiro atoms. The maximum atomic E-state index is 13.1. The van der Waals surface area contributed by atoms with E-state index in [0.717, 1.165) is 5.69 Å². The number of carbonyl (C=O) groups excluding carboxylic acids is 2. The van der Waals surface area contributed by atoms with Gasteiger partial charge in [-0.05, 0) is 55.5 Å². The quantitative estimate of drug-likeness (QED) is 0.544. The molecule has 3 aromatic rings. The number of aromatic nitrogens is 3. The van der Waals surface area contributed by atoms with Crippen molar-refractivity contribution in [3.8, 4) is 11.4 Å². The van der Waals surface area contributed by atoms with Gasteiger partial charge in [0.25, 0.3) is 11.8 Å². The van der Waals surface area contributed by atoms with E-state index in [1.54, 1.807) is 38.3 Å². The first-order chi connectivity index (χ1) is 14.0. The molecule has 0 saturated heterocycles. The number of hydrazine groups is 1. The molecule has 3 rings (SSSR count). The normalized spacial score (nSPS) is 10.3. The molecular weight excluding hydrogens is 379 g/mol. The molecule has 2 amide bonds. The average Bonchev–Trinajstić information content (AvgIpc) is 3.12. The highest BCUT2D eigenvalue weighted by Crippen LogP contribution is 2.15. The van der Waals surface area contributed by atoms with Crippen LogP contribution in [0.1, 0.15) is 16.2 Å². The lowest BCUT2D eigenvalue weighted by molar-refractivity contribution is -0.120. The summed E-state index contributed by atoms with van der Waals surface area (Å²) >= 11 is 0. The van der Waals surface area contributed by atoms with E-state index in [1.165, 1.54) is 28.9 Å². The third kappa shape index (κ3) is 4.86. The van der Waals surface area contributed by atoms with Crippen molar-refractivity contribution < 1.29 is 18.7 Å². The van der Waals surface area contributed by atoms with E-state index in [9.17, 15) is 14.0 Å². The summed E-state index contributed by atoms with van der Waals surface area (Å²) in [6.07, 6.45) is 0. The number of nitrogens with zero attached hydrogens (tertiary/aromatic N) is 3. The number of anilines is 1. The second kappa shape index (κ2) is 8.83. The first-order valence-electron chi connectivity index (χ1n) is 8.63. The van der Waals surface area contributed by atoms with Crippen LogP contribution < -0.4 is 20.9 Å². The van der Waals surface area contributed by atoms with Gasteiger partial charge in [0.1, 0.15) is 11.6 Å². The molecule has 150 valence electrons. The molecule has 0 aliphatic heterocycles. The fourth-order valence-corrected chi connectivity index (χ4v) is 2.49. The Bertz CT molecular complexity index is 1000. The molecule has 0 saturated carbocycles. The molecule has 0 aliphatic rings. The van der Waals surface area contributed by atoms with Crippen molar-refractivity contribution in [3.63, 3.8) is 0 Å². The number of halogens is 1. The van der Waals surface area contributed by atoms with Crippen molar-refractivity contribution in [2.75, 3.05) is 19.0 Å². The van der Waals surface area contributed by atoms with Gasteiger partial charge >= 0.3 is 0 Å². The zero-order valence-electron chi connectivity index (χ0n) is 15.8. The summed E-state index contributed by atoms with van der Waals surface area (Å²) in [4.78, 5) is 24.2. The molecule has 0 aliphatic carbocycles. The minimum atomic E-state index is -0.617. The van der Waals surface area contributed by atoms with Crippen LogP contribution in [0.3, 0.4) is 0 Å². The molecule has 0 atom stereocenters. The van der Waals surface area contributed by atoms with E-state index < -0.39 is 11.8 Å². The van der Waals surface area contributed by atoms with Gasteiger partial charge in [-0.1, -0.05) is 5.21 Å². The fourth-order valence-electron chi connectivity index (χ4n) is 2.49. The number of methoxy groups -OCH3 is 1. The number of rotatable bonds is 6. The third-order valence-electron chi connectivity index (χ3n) is 4.04. The zero-order valence-corrected chi connectivity index (χ0v) is 15.8. The molecule has 29 heavy (non-hydrogen) atoms. The Morgan fingerprint density at radius 2 is 1.76 bits per heavy atom. The molecule has 0 bridgehead atoms. The number of hydrogen-bond acceptors (Lipinski definition) is 6. The van der Waals surface area contributed by atoms with Gasteiger partial charge in [-0.2, -0.15) is 0 Å². The van der Waals surface area contributed by atoms with Gasteiger partial charge in [-0.25, -0.2) is 9.07 Å². The van der Waals surface area contributed by atoms with E-state index in [-0.39, 0.29) is 18.1 Å². The molecule has 0 unspecified atom stereocenters. The van der Waals surface area contributed by atoms with Crippen LogP contribution in [-0.4, -0.2) is 40.5 Å². The van der Waals surface area contributed by atoms with Gasteiger partial charge in [0.15, 0.2) is 5.69 Å². The lowest BCUT2D eigenvalue weighted by atomic mass is 10.3. The number of amides is 2. The van der Waals surface area contributed by atoms with Crippen LogP contribution in [0, 0.1) is 12.7 Å². The molecular formula is C19H19FN6O3. The second-order valence-electron chi connectivity index (χ2n) is 6.00. The highest BCUT2D eigenvalue weighted by molar-refractivity contribution is 5.95. The van der Waals surface area contributed by atoms with E-state index in [4.69, 9.17) is 4.74 Å². The molecule has 1 heterocycles. The van der Waals surface area contributed by atoms with Crippen LogP contribution in [0.2, 0.25) is 0 Å². The van der Waals surface area contributed by atoms with Crippen LogP contribution in [0.5, 0.6) is 5.75 Å². The Labute approximate surface area is 165 Å². The zero-order chi connectivity index (χ0) is 20.8. The summed E-state index contributed by atoms with van der Waals surface area (Å²) < 4.78 is 19.5. The number of ether oxygens (including phenoxy) is 1. The molecule has 0 fully saturated rings. The summed E-state index contributed by atoms with van der Waals surface area (Å²) in [6, 6.07) is 12.7. The highest BCUT2D eigenvalue weighted by atomic mass is 19.1. The summed E-state index contributed by atoms with van der Waals surface area (Å²) in [7, 11) is 1.57. The molecule has 9 nitrogen and oxygen atoms in total.